The quantitative estimate of drug-likeness (QED) is 0.546. The van der Waals surface area contributed by atoms with E-state index in [1.807, 2.05) is 0 Å². The molecule has 22 heavy (non-hydrogen) atoms. The number of fused-ring (bicyclic) bond motifs is 2. The topological polar surface area (TPSA) is 122 Å². The van der Waals surface area contributed by atoms with E-state index in [2.05, 4.69) is 20.5 Å². The second-order valence-electron chi connectivity index (χ2n) is 5.38. The van der Waals surface area contributed by atoms with Crippen molar-refractivity contribution in [2.75, 3.05) is 12.4 Å². The number of aromatic nitrogens is 3. The van der Waals surface area contributed by atoms with Gasteiger partial charge in [-0.15, -0.1) is 0 Å². The molecular weight excluding hydrogens is 314 g/mol. The number of aliphatic hydroxyl groups is 2. The van der Waals surface area contributed by atoms with Crippen LogP contribution in [0, 0.1) is 4.91 Å². The smallest absolute Gasteiger partial charge is 0.226 e. The van der Waals surface area contributed by atoms with E-state index in [0.717, 1.165) is 0 Å². The molecule has 2 aliphatic rings. The van der Waals surface area contributed by atoms with Gasteiger partial charge in [-0.25, -0.2) is 4.98 Å². The van der Waals surface area contributed by atoms with E-state index in [-0.39, 0.29) is 5.28 Å². The molecule has 116 valence electrons. The summed E-state index contributed by atoms with van der Waals surface area (Å²) in [7, 11) is 1.70. The number of rotatable bonds is 3. The van der Waals surface area contributed by atoms with Gasteiger partial charge in [0.05, 0.1) is 5.39 Å². The minimum absolute atomic E-state index is 0.0422. The highest BCUT2D eigenvalue weighted by molar-refractivity contribution is 6.28. The summed E-state index contributed by atoms with van der Waals surface area (Å²) in [5, 5.41) is 27.0. The summed E-state index contributed by atoms with van der Waals surface area (Å²) in [5.74, 6) is 0.539. The third-order valence-corrected chi connectivity index (χ3v) is 4.48. The summed E-state index contributed by atoms with van der Waals surface area (Å²) in [6, 6.07) is 0.809. The van der Waals surface area contributed by atoms with E-state index >= 15 is 0 Å². The fraction of sp³-hybridized carbons (Fsp3) is 0.500. The van der Waals surface area contributed by atoms with Crippen molar-refractivity contribution in [2.24, 2.45) is 5.18 Å². The zero-order valence-electron chi connectivity index (χ0n) is 11.3. The Balaban J connectivity index is 1.78. The molecule has 1 aliphatic heterocycles. The van der Waals surface area contributed by atoms with Crippen LogP contribution in [-0.4, -0.2) is 55.6 Å². The summed E-state index contributed by atoms with van der Waals surface area (Å²) < 4.78 is 7.12. The predicted molar refractivity (Wildman–Crippen MR) is 76.5 cm³/mol. The van der Waals surface area contributed by atoms with Crippen LogP contribution in [0.25, 0.3) is 11.0 Å². The molecule has 9 nitrogen and oxygen atoms in total. The van der Waals surface area contributed by atoms with E-state index in [9.17, 15) is 15.1 Å². The molecule has 0 amide bonds. The fourth-order valence-corrected chi connectivity index (χ4v) is 3.25. The number of nitrogens with zero attached hydrogens (tertiary/aromatic N) is 4. The normalized spacial score (nSPS) is 36.4. The molecule has 2 fully saturated rings. The number of nitrogens with one attached hydrogen (secondary N) is 1. The molecule has 0 radical (unpaired) electrons. The molecule has 0 spiro atoms. The van der Waals surface area contributed by atoms with Gasteiger partial charge in [0.15, 0.2) is 17.9 Å². The molecule has 2 aromatic rings. The lowest BCUT2D eigenvalue weighted by atomic mass is 10.1. The molecule has 1 aliphatic carbocycles. The molecule has 3 heterocycles. The van der Waals surface area contributed by atoms with Gasteiger partial charge in [0, 0.05) is 13.2 Å². The summed E-state index contributed by atoms with van der Waals surface area (Å²) in [4.78, 5) is 18.8. The van der Waals surface area contributed by atoms with Gasteiger partial charge in [-0.1, -0.05) is 5.18 Å². The van der Waals surface area contributed by atoms with Crippen LogP contribution in [0.3, 0.4) is 0 Å². The molecule has 4 rings (SSSR count). The lowest BCUT2D eigenvalue weighted by Gasteiger charge is -2.22. The van der Waals surface area contributed by atoms with E-state index in [0.29, 0.717) is 16.9 Å². The van der Waals surface area contributed by atoms with Crippen molar-refractivity contribution in [1.82, 2.24) is 14.5 Å². The first-order valence-corrected chi connectivity index (χ1v) is 7.00. The number of ether oxygens (including phenoxy) is 1. The van der Waals surface area contributed by atoms with Gasteiger partial charge in [0.1, 0.15) is 23.7 Å². The first-order valence-electron chi connectivity index (χ1n) is 6.62. The van der Waals surface area contributed by atoms with Crippen molar-refractivity contribution in [1.29, 1.82) is 0 Å². The van der Waals surface area contributed by atoms with Crippen molar-refractivity contribution in [2.45, 2.75) is 30.1 Å². The van der Waals surface area contributed by atoms with Crippen molar-refractivity contribution in [3.05, 3.63) is 22.5 Å². The lowest BCUT2D eigenvalue weighted by molar-refractivity contribution is -0.0666. The summed E-state index contributed by atoms with van der Waals surface area (Å²) in [6.45, 7) is 0. The number of hydrogen-bond donors (Lipinski definition) is 3. The Hall–Kier alpha value is -1.81. The second-order valence-corrected chi connectivity index (χ2v) is 5.72. The average Bonchev–Trinajstić information content (AvgIpc) is 2.78. The molecule has 1 saturated heterocycles. The largest absolute Gasteiger partial charge is 0.385 e. The van der Waals surface area contributed by atoms with Gasteiger partial charge < -0.3 is 24.8 Å². The third kappa shape index (κ3) is 1.53. The van der Waals surface area contributed by atoms with Crippen molar-refractivity contribution >= 4 is 28.5 Å². The monoisotopic (exact) mass is 325 g/mol. The van der Waals surface area contributed by atoms with E-state index in [4.69, 9.17) is 16.3 Å². The van der Waals surface area contributed by atoms with Crippen molar-refractivity contribution in [3.8, 4) is 0 Å². The van der Waals surface area contributed by atoms with Crippen molar-refractivity contribution < 1.29 is 14.9 Å². The maximum absolute atomic E-state index is 10.6. The predicted octanol–water partition coefficient (Wildman–Crippen LogP) is 0.264. The Bertz CT molecular complexity index is 782. The minimum Gasteiger partial charge on any atom is -0.385 e. The van der Waals surface area contributed by atoms with E-state index in [1.165, 1.54) is 0 Å². The minimum atomic E-state index is -1.63. The molecule has 2 aromatic heterocycles. The highest BCUT2D eigenvalue weighted by Crippen LogP contribution is 2.55. The number of nitroso groups, excluding NO2 is 1. The van der Waals surface area contributed by atoms with Crippen LogP contribution in [0.2, 0.25) is 5.28 Å². The summed E-state index contributed by atoms with van der Waals surface area (Å²) in [6.07, 6.45) is -1.31. The highest BCUT2D eigenvalue weighted by atomic mass is 35.5. The second kappa shape index (κ2) is 4.35. The Morgan fingerprint density at radius 2 is 2.32 bits per heavy atom. The van der Waals surface area contributed by atoms with Gasteiger partial charge in [0.2, 0.25) is 5.28 Å². The molecule has 0 bridgehead atoms. The Morgan fingerprint density at radius 3 is 2.91 bits per heavy atom. The highest BCUT2D eigenvalue weighted by Gasteiger charge is 2.78. The Labute approximate surface area is 128 Å². The van der Waals surface area contributed by atoms with Crippen molar-refractivity contribution in [3.63, 3.8) is 0 Å². The first-order chi connectivity index (χ1) is 10.5. The molecule has 1 saturated carbocycles. The average molecular weight is 326 g/mol. The van der Waals surface area contributed by atoms with E-state index < -0.39 is 30.1 Å². The molecule has 3 N–H and O–H groups in total. The molecule has 10 heteroatoms. The van der Waals surface area contributed by atoms with Crippen LogP contribution in [-0.2, 0) is 4.74 Å². The van der Waals surface area contributed by atoms with Crippen LogP contribution in [0.4, 0.5) is 5.82 Å². The zero-order chi connectivity index (χ0) is 15.6. The lowest BCUT2D eigenvalue weighted by Crippen LogP contribution is -2.36. The molecular formula is C12H12ClN5O4. The van der Waals surface area contributed by atoms with Gasteiger partial charge in [0.25, 0.3) is 0 Å². The van der Waals surface area contributed by atoms with Gasteiger partial charge in [-0.2, -0.15) is 9.89 Å². The summed E-state index contributed by atoms with van der Waals surface area (Å²) >= 11 is 5.90. The molecule has 1 unspecified atom stereocenters. The maximum atomic E-state index is 10.6. The standard InChI is InChI=1S/C12H12ClN5O4/c1-14-8-4-2-3-18(9(4)16-11(13)15-8)10-6(19)12(20)5(17-21)7(12)22-10/h2-3,5-7,10,19-20H,1H3,(H,14,15,16)/t5?,6-,7+,10+,12-/m0/s1. The van der Waals surface area contributed by atoms with Gasteiger partial charge in [-0.3, -0.25) is 0 Å². The zero-order valence-corrected chi connectivity index (χ0v) is 12.1. The van der Waals surface area contributed by atoms with Crippen LogP contribution in [0.5, 0.6) is 0 Å². The maximum Gasteiger partial charge on any atom is 0.226 e. The molecule has 0 aromatic carbocycles. The summed E-state index contributed by atoms with van der Waals surface area (Å²) in [5.41, 5.74) is -1.18. The number of halogens is 1. The third-order valence-electron chi connectivity index (χ3n) is 4.31. The van der Waals surface area contributed by atoms with Crippen LogP contribution >= 0.6 is 11.6 Å². The SMILES string of the molecule is CNc1nc(Cl)nc2c1ccn2[C@@H]1O[C@@H]2C(N=O)[C@]2(O)[C@H]1O. The number of aliphatic hydroxyl groups excluding tert-OH is 1. The number of anilines is 1. The number of hydrogen-bond acceptors (Lipinski definition) is 8. The Kier molecular flexibility index (Phi) is 2.74. The van der Waals surface area contributed by atoms with E-state index in [1.54, 1.807) is 23.9 Å². The molecule has 5 atom stereocenters. The first kappa shape index (κ1) is 13.8. The van der Waals surface area contributed by atoms with Crippen LogP contribution < -0.4 is 5.32 Å². The van der Waals surface area contributed by atoms with Gasteiger partial charge in [-0.05, 0) is 17.7 Å². The fourth-order valence-electron chi connectivity index (χ4n) is 3.08. The van der Waals surface area contributed by atoms with Crippen LogP contribution in [0.1, 0.15) is 6.23 Å². The van der Waals surface area contributed by atoms with Gasteiger partial charge >= 0.3 is 0 Å². The Morgan fingerprint density at radius 1 is 1.55 bits per heavy atom. The van der Waals surface area contributed by atoms with Crippen LogP contribution in [0.15, 0.2) is 17.4 Å².